The van der Waals surface area contributed by atoms with Crippen LogP contribution in [0.4, 0.5) is 22.0 Å². The number of aromatic nitrogens is 3. The predicted octanol–water partition coefficient (Wildman–Crippen LogP) is 6.75. The van der Waals surface area contributed by atoms with Gasteiger partial charge in [-0.05, 0) is 73.1 Å². The Morgan fingerprint density at radius 2 is 1.72 bits per heavy atom. The SMILES string of the molecule is NC(=O)c1cc(-c2cccnc2[C@@H](CC(=O)Cn2nc(C(F)F)c3c2C2CCC3C2)Cc2cc(F)cc(F)c2)ccc1F. The fraction of sp³-hybridized carbons (Fsp3) is 0.312. The van der Waals surface area contributed by atoms with E-state index in [1.165, 1.54) is 23.0 Å². The van der Waals surface area contributed by atoms with Gasteiger partial charge >= 0.3 is 0 Å². The average molecular weight is 595 g/mol. The van der Waals surface area contributed by atoms with Crippen molar-refractivity contribution in [3.8, 4) is 11.1 Å². The molecule has 0 aliphatic heterocycles. The third-order valence-corrected chi connectivity index (χ3v) is 8.47. The second kappa shape index (κ2) is 11.3. The number of hydrogen-bond acceptors (Lipinski definition) is 4. The van der Waals surface area contributed by atoms with Gasteiger partial charge in [-0.3, -0.25) is 19.3 Å². The second-order valence-corrected chi connectivity index (χ2v) is 11.3. The number of ketones is 1. The zero-order valence-corrected chi connectivity index (χ0v) is 22.9. The molecule has 4 aromatic rings. The molecule has 0 saturated heterocycles. The van der Waals surface area contributed by atoms with E-state index in [0.717, 1.165) is 43.5 Å². The Hall–Kier alpha value is -4.41. The maximum atomic E-state index is 14.3. The van der Waals surface area contributed by atoms with Crippen molar-refractivity contribution < 1.29 is 31.5 Å². The number of Topliss-reactive ketones (excluding diaryl/α,β-unsaturated/α-hetero) is 1. The lowest BCUT2D eigenvalue weighted by molar-refractivity contribution is -0.120. The van der Waals surface area contributed by atoms with Crippen LogP contribution in [0.15, 0.2) is 54.7 Å². The molecule has 3 atom stereocenters. The van der Waals surface area contributed by atoms with E-state index in [1.54, 1.807) is 12.1 Å². The van der Waals surface area contributed by atoms with Crippen molar-refractivity contribution in [2.75, 3.05) is 0 Å². The number of alkyl halides is 2. The van der Waals surface area contributed by atoms with Crippen LogP contribution in [0.5, 0.6) is 0 Å². The summed E-state index contributed by atoms with van der Waals surface area (Å²) >= 11 is 0. The van der Waals surface area contributed by atoms with Crippen molar-refractivity contribution in [3.63, 3.8) is 0 Å². The Kier molecular flexibility index (Phi) is 7.57. The van der Waals surface area contributed by atoms with Gasteiger partial charge in [0.05, 0.1) is 17.8 Å². The van der Waals surface area contributed by atoms with Gasteiger partial charge in [-0.15, -0.1) is 0 Å². The fourth-order valence-electron chi connectivity index (χ4n) is 6.78. The summed E-state index contributed by atoms with van der Waals surface area (Å²) in [5.74, 6) is -4.27. The van der Waals surface area contributed by atoms with Crippen LogP contribution in [0.1, 0.15) is 88.4 Å². The first-order valence-electron chi connectivity index (χ1n) is 14.0. The number of hydrogen-bond donors (Lipinski definition) is 1. The standard InChI is InChI=1S/C32H27F5N4O2/c33-21-9-16(10-22(34)14-21)8-20(28-24(2-1-7-39-28)17-5-6-26(35)25(13-17)32(38)43)12-23(42)15-41-30-19-4-3-18(11-19)27(30)29(40-41)31(36)37/h1-2,5-7,9-10,13-14,18-20,31H,3-4,8,11-12,15H2,(H2,38,43)/t18?,19?,20-/m1/s1. The third kappa shape index (κ3) is 5.55. The summed E-state index contributed by atoms with van der Waals surface area (Å²) < 4.78 is 71.6. The van der Waals surface area contributed by atoms with Crippen molar-refractivity contribution >= 4 is 11.7 Å². The largest absolute Gasteiger partial charge is 0.366 e. The van der Waals surface area contributed by atoms with Gasteiger partial charge < -0.3 is 5.73 Å². The Bertz CT molecular complexity index is 1720. The zero-order chi connectivity index (χ0) is 30.4. The summed E-state index contributed by atoms with van der Waals surface area (Å²) in [4.78, 5) is 29.9. The topological polar surface area (TPSA) is 90.9 Å². The third-order valence-electron chi connectivity index (χ3n) is 8.47. The molecular formula is C32H27F5N4O2. The van der Waals surface area contributed by atoms with Crippen LogP contribution in [-0.4, -0.2) is 26.5 Å². The number of pyridine rings is 1. The summed E-state index contributed by atoms with van der Waals surface area (Å²) in [6, 6.07) is 10.2. The number of fused-ring (bicyclic) bond motifs is 5. The smallest absolute Gasteiger partial charge is 0.282 e. The molecule has 2 N–H and O–H groups in total. The molecular weight excluding hydrogens is 567 g/mol. The number of nitrogens with two attached hydrogens (primary N) is 1. The van der Waals surface area contributed by atoms with Gasteiger partial charge in [-0.2, -0.15) is 5.10 Å². The van der Waals surface area contributed by atoms with E-state index in [1.807, 2.05) is 0 Å². The number of carbonyl (C=O) groups excluding carboxylic acids is 2. The van der Waals surface area contributed by atoms with Crippen LogP contribution < -0.4 is 5.73 Å². The number of rotatable bonds is 10. The minimum Gasteiger partial charge on any atom is -0.366 e. The minimum absolute atomic E-state index is 0.0124. The molecule has 222 valence electrons. The first kappa shape index (κ1) is 28.7. The van der Waals surface area contributed by atoms with Gasteiger partial charge in [-0.25, -0.2) is 22.0 Å². The van der Waals surface area contributed by atoms with Crippen LogP contribution >= 0.6 is 0 Å². The van der Waals surface area contributed by atoms with E-state index in [4.69, 9.17) is 5.73 Å². The lowest BCUT2D eigenvalue weighted by Crippen LogP contribution is -2.19. The van der Waals surface area contributed by atoms with E-state index >= 15 is 0 Å². The Morgan fingerprint density at radius 3 is 2.44 bits per heavy atom. The highest BCUT2D eigenvalue weighted by atomic mass is 19.3. The van der Waals surface area contributed by atoms with E-state index in [0.29, 0.717) is 28.1 Å². The lowest BCUT2D eigenvalue weighted by atomic mass is 9.86. The van der Waals surface area contributed by atoms with Gasteiger partial charge in [0.1, 0.15) is 23.1 Å². The van der Waals surface area contributed by atoms with Crippen molar-refractivity contribution in [2.45, 2.75) is 62.8 Å². The molecule has 1 saturated carbocycles. The van der Waals surface area contributed by atoms with Crippen LogP contribution in [0.2, 0.25) is 0 Å². The van der Waals surface area contributed by atoms with Crippen LogP contribution in [0, 0.1) is 17.5 Å². The quantitative estimate of drug-likeness (QED) is 0.206. The molecule has 0 spiro atoms. The molecule has 2 aliphatic rings. The highest BCUT2D eigenvalue weighted by molar-refractivity contribution is 5.94. The van der Waals surface area contributed by atoms with Crippen molar-refractivity contribution in [2.24, 2.45) is 5.73 Å². The number of halogens is 5. The monoisotopic (exact) mass is 594 g/mol. The van der Waals surface area contributed by atoms with Gasteiger partial charge in [0.15, 0.2) is 5.78 Å². The van der Waals surface area contributed by atoms with Crippen LogP contribution in [0.3, 0.4) is 0 Å². The van der Waals surface area contributed by atoms with Crippen LogP contribution in [-0.2, 0) is 17.8 Å². The van der Waals surface area contributed by atoms with E-state index < -0.39 is 35.7 Å². The molecule has 2 aromatic heterocycles. The summed E-state index contributed by atoms with van der Waals surface area (Å²) in [5.41, 5.74) is 7.55. The van der Waals surface area contributed by atoms with Gasteiger partial charge in [-0.1, -0.05) is 12.1 Å². The zero-order valence-electron chi connectivity index (χ0n) is 22.9. The lowest BCUT2D eigenvalue weighted by Gasteiger charge is -2.20. The second-order valence-electron chi connectivity index (χ2n) is 11.3. The number of amides is 1. The van der Waals surface area contributed by atoms with E-state index in [9.17, 15) is 31.5 Å². The normalized spacial score (nSPS) is 17.8. The van der Waals surface area contributed by atoms with Crippen molar-refractivity contribution in [1.29, 1.82) is 0 Å². The van der Waals surface area contributed by atoms with E-state index in [2.05, 4.69) is 10.1 Å². The highest BCUT2D eigenvalue weighted by Gasteiger charge is 2.44. The summed E-state index contributed by atoms with van der Waals surface area (Å²) in [6.45, 7) is -0.239. The molecule has 2 unspecified atom stereocenters. The molecule has 2 bridgehead atoms. The number of primary amides is 1. The molecule has 2 aromatic carbocycles. The maximum absolute atomic E-state index is 14.3. The Balaban J connectivity index is 1.36. The maximum Gasteiger partial charge on any atom is 0.282 e. The fourth-order valence-corrected chi connectivity index (χ4v) is 6.78. The molecule has 2 aliphatic carbocycles. The predicted molar refractivity (Wildman–Crippen MR) is 147 cm³/mol. The van der Waals surface area contributed by atoms with Gasteiger partial charge in [0, 0.05) is 47.3 Å². The number of benzene rings is 2. The first-order chi connectivity index (χ1) is 20.6. The summed E-state index contributed by atoms with van der Waals surface area (Å²) in [6.07, 6.45) is 1.06. The molecule has 1 amide bonds. The molecule has 11 heteroatoms. The molecule has 6 nitrogen and oxygen atoms in total. The Morgan fingerprint density at radius 1 is 0.977 bits per heavy atom. The molecule has 0 radical (unpaired) electrons. The Labute approximate surface area is 243 Å². The summed E-state index contributed by atoms with van der Waals surface area (Å²) in [7, 11) is 0. The highest BCUT2D eigenvalue weighted by Crippen LogP contribution is 2.55. The average Bonchev–Trinajstić information content (AvgIpc) is 3.66. The minimum atomic E-state index is -2.75. The van der Waals surface area contributed by atoms with Gasteiger partial charge in [0.25, 0.3) is 12.3 Å². The van der Waals surface area contributed by atoms with Crippen molar-refractivity contribution in [1.82, 2.24) is 14.8 Å². The first-order valence-corrected chi connectivity index (χ1v) is 14.0. The number of nitrogens with zero attached hydrogens (tertiary/aromatic N) is 3. The van der Waals surface area contributed by atoms with Gasteiger partial charge in [0.2, 0.25) is 0 Å². The molecule has 43 heavy (non-hydrogen) atoms. The molecule has 2 heterocycles. The van der Waals surface area contributed by atoms with E-state index in [-0.39, 0.29) is 53.8 Å². The summed E-state index contributed by atoms with van der Waals surface area (Å²) in [5, 5.41) is 4.15. The van der Waals surface area contributed by atoms with Crippen LogP contribution in [0.25, 0.3) is 11.1 Å². The van der Waals surface area contributed by atoms with Crippen molar-refractivity contribution in [3.05, 3.63) is 106 Å². The molecule has 6 rings (SSSR count). The molecule has 1 fully saturated rings. The number of carbonyl (C=O) groups is 2.